The van der Waals surface area contributed by atoms with Crippen molar-refractivity contribution >= 4 is 17.3 Å². The molecule has 1 heterocycles. The van der Waals surface area contributed by atoms with E-state index in [2.05, 4.69) is 5.10 Å². The summed E-state index contributed by atoms with van der Waals surface area (Å²) < 4.78 is 1.73. The van der Waals surface area contributed by atoms with Crippen LogP contribution in [0, 0.1) is 0 Å². The Labute approximate surface area is 64.8 Å². The minimum atomic E-state index is 0.315. The highest BCUT2D eigenvalue weighted by Gasteiger charge is 2.03. The van der Waals surface area contributed by atoms with Gasteiger partial charge in [0.15, 0.2) is 5.15 Å². The predicted molar refractivity (Wildman–Crippen MR) is 42.0 cm³/mol. The van der Waals surface area contributed by atoms with Crippen LogP contribution in [0.25, 0.3) is 0 Å². The SMILES string of the molecule is CC(C)n1cc(N)c(Cl)n1. The molecule has 1 rings (SSSR count). The summed E-state index contributed by atoms with van der Waals surface area (Å²) in [5, 5.41) is 4.35. The van der Waals surface area contributed by atoms with E-state index in [9.17, 15) is 0 Å². The van der Waals surface area contributed by atoms with Crippen molar-refractivity contribution in [3.05, 3.63) is 11.3 Å². The van der Waals surface area contributed by atoms with Crippen molar-refractivity contribution in [2.24, 2.45) is 0 Å². The van der Waals surface area contributed by atoms with Gasteiger partial charge in [-0.25, -0.2) is 0 Å². The largest absolute Gasteiger partial charge is 0.395 e. The molecule has 0 unspecified atom stereocenters. The number of nitrogens with two attached hydrogens (primary N) is 1. The fourth-order valence-electron chi connectivity index (χ4n) is 0.648. The lowest BCUT2D eigenvalue weighted by molar-refractivity contribution is 0.533. The molecule has 4 heteroatoms. The molecule has 0 amide bonds. The first-order chi connectivity index (χ1) is 4.61. The predicted octanol–water partition coefficient (Wildman–Crippen LogP) is 1.70. The van der Waals surface area contributed by atoms with Gasteiger partial charge in [-0.3, -0.25) is 4.68 Å². The van der Waals surface area contributed by atoms with Gasteiger partial charge >= 0.3 is 0 Å². The Morgan fingerprint density at radius 2 is 2.30 bits per heavy atom. The van der Waals surface area contributed by atoms with E-state index in [-0.39, 0.29) is 0 Å². The average molecular weight is 160 g/mol. The van der Waals surface area contributed by atoms with Gasteiger partial charge in [-0.15, -0.1) is 0 Å². The minimum Gasteiger partial charge on any atom is -0.395 e. The summed E-state index contributed by atoms with van der Waals surface area (Å²) in [5.74, 6) is 0. The topological polar surface area (TPSA) is 43.8 Å². The molecule has 1 aromatic rings. The smallest absolute Gasteiger partial charge is 0.173 e. The normalized spacial score (nSPS) is 10.8. The van der Waals surface area contributed by atoms with E-state index in [1.807, 2.05) is 13.8 Å². The monoisotopic (exact) mass is 159 g/mol. The first-order valence-corrected chi connectivity index (χ1v) is 3.49. The van der Waals surface area contributed by atoms with E-state index < -0.39 is 0 Å². The summed E-state index contributed by atoms with van der Waals surface area (Å²) in [7, 11) is 0. The standard InChI is InChI=1S/C6H10ClN3/c1-4(2)10-3-5(8)6(7)9-10/h3-4H,8H2,1-2H3. The van der Waals surface area contributed by atoms with Crippen LogP contribution in [0.5, 0.6) is 0 Å². The maximum Gasteiger partial charge on any atom is 0.173 e. The molecule has 0 aromatic carbocycles. The quantitative estimate of drug-likeness (QED) is 0.678. The van der Waals surface area contributed by atoms with Crippen molar-refractivity contribution in [1.29, 1.82) is 0 Å². The Balaban J connectivity index is 2.98. The highest BCUT2D eigenvalue weighted by Crippen LogP contribution is 2.17. The van der Waals surface area contributed by atoms with E-state index >= 15 is 0 Å². The van der Waals surface area contributed by atoms with Crippen LogP contribution >= 0.6 is 11.6 Å². The van der Waals surface area contributed by atoms with Crippen molar-refractivity contribution < 1.29 is 0 Å². The second-order valence-corrected chi connectivity index (χ2v) is 2.81. The average Bonchev–Trinajstić information content (AvgIpc) is 2.13. The third kappa shape index (κ3) is 1.24. The third-order valence-electron chi connectivity index (χ3n) is 1.24. The molecule has 0 fully saturated rings. The lowest BCUT2D eigenvalue weighted by Crippen LogP contribution is -2.00. The first-order valence-electron chi connectivity index (χ1n) is 3.11. The maximum absolute atomic E-state index is 5.62. The second-order valence-electron chi connectivity index (χ2n) is 2.45. The molecule has 0 spiro atoms. The Bertz CT molecular complexity index is 209. The van der Waals surface area contributed by atoms with Crippen LogP contribution in [-0.4, -0.2) is 9.78 Å². The van der Waals surface area contributed by atoms with Gasteiger partial charge in [-0.1, -0.05) is 11.6 Å². The number of anilines is 1. The van der Waals surface area contributed by atoms with Gasteiger partial charge in [0.1, 0.15) is 0 Å². The number of nitrogen functional groups attached to an aromatic ring is 1. The number of hydrogen-bond donors (Lipinski definition) is 1. The summed E-state index contributed by atoms with van der Waals surface area (Å²) in [6.07, 6.45) is 1.73. The van der Waals surface area contributed by atoms with Crippen LogP contribution in [0.3, 0.4) is 0 Å². The van der Waals surface area contributed by atoms with Gasteiger partial charge in [-0.2, -0.15) is 5.10 Å². The van der Waals surface area contributed by atoms with Crippen LogP contribution < -0.4 is 5.73 Å². The molecule has 0 saturated carbocycles. The molecular weight excluding hydrogens is 150 g/mol. The van der Waals surface area contributed by atoms with Crippen molar-refractivity contribution in [3.63, 3.8) is 0 Å². The molecule has 0 bridgehead atoms. The van der Waals surface area contributed by atoms with Gasteiger partial charge in [0.25, 0.3) is 0 Å². The Morgan fingerprint density at radius 3 is 2.50 bits per heavy atom. The molecule has 0 aliphatic rings. The van der Waals surface area contributed by atoms with Crippen molar-refractivity contribution in [3.8, 4) is 0 Å². The fraction of sp³-hybridized carbons (Fsp3) is 0.500. The van der Waals surface area contributed by atoms with Crippen LogP contribution in [0.1, 0.15) is 19.9 Å². The summed E-state index contributed by atoms with van der Waals surface area (Å²) in [6, 6.07) is 0.315. The van der Waals surface area contributed by atoms with E-state index in [4.69, 9.17) is 17.3 Å². The molecule has 3 nitrogen and oxygen atoms in total. The Hall–Kier alpha value is -0.700. The van der Waals surface area contributed by atoms with Crippen LogP contribution in [0.4, 0.5) is 5.69 Å². The first kappa shape index (κ1) is 7.41. The molecule has 1 aromatic heterocycles. The maximum atomic E-state index is 5.62. The zero-order valence-electron chi connectivity index (χ0n) is 6.00. The van der Waals surface area contributed by atoms with Gasteiger partial charge < -0.3 is 5.73 Å². The fourth-order valence-corrected chi connectivity index (χ4v) is 0.784. The van der Waals surface area contributed by atoms with Crippen LogP contribution in [0.2, 0.25) is 5.15 Å². The molecular formula is C6H10ClN3. The molecule has 10 heavy (non-hydrogen) atoms. The zero-order chi connectivity index (χ0) is 7.72. The van der Waals surface area contributed by atoms with Crippen molar-refractivity contribution in [2.75, 3.05) is 5.73 Å². The summed E-state index contributed by atoms with van der Waals surface area (Å²) in [6.45, 7) is 4.03. The Morgan fingerprint density at radius 1 is 1.70 bits per heavy atom. The summed E-state index contributed by atoms with van der Waals surface area (Å²) in [4.78, 5) is 0. The van der Waals surface area contributed by atoms with E-state index in [0.29, 0.717) is 16.9 Å². The Kier molecular flexibility index (Phi) is 1.85. The van der Waals surface area contributed by atoms with Crippen molar-refractivity contribution in [1.82, 2.24) is 9.78 Å². The number of rotatable bonds is 1. The van der Waals surface area contributed by atoms with E-state index in [0.717, 1.165) is 0 Å². The highest BCUT2D eigenvalue weighted by molar-refractivity contribution is 6.31. The third-order valence-corrected chi connectivity index (χ3v) is 1.54. The van der Waals surface area contributed by atoms with Gasteiger partial charge in [-0.05, 0) is 13.8 Å². The lowest BCUT2D eigenvalue weighted by atomic mass is 10.4. The lowest BCUT2D eigenvalue weighted by Gasteiger charge is -2.01. The van der Waals surface area contributed by atoms with Gasteiger partial charge in [0.05, 0.1) is 5.69 Å². The number of nitrogens with zero attached hydrogens (tertiary/aromatic N) is 2. The molecule has 2 N–H and O–H groups in total. The van der Waals surface area contributed by atoms with Crippen LogP contribution in [0.15, 0.2) is 6.20 Å². The molecule has 0 saturated heterocycles. The minimum absolute atomic E-state index is 0.315. The van der Waals surface area contributed by atoms with Crippen molar-refractivity contribution in [2.45, 2.75) is 19.9 Å². The molecule has 0 radical (unpaired) electrons. The van der Waals surface area contributed by atoms with Gasteiger partial charge in [0, 0.05) is 12.2 Å². The number of hydrogen-bond acceptors (Lipinski definition) is 2. The van der Waals surface area contributed by atoms with Gasteiger partial charge in [0.2, 0.25) is 0 Å². The van der Waals surface area contributed by atoms with Crippen LogP contribution in [-0.2, 0) is 0 Å². The highest BCUT2D eigenvalue weighted by atomic mass is 35.5. The summed E-state index contributed by atoms with van der Waals surface area (Å²) >= 11 is 5.62. The summed E-state index contributed by atoms with van der Waals surface area (Å²) in [5.41, 5.74) is 6.00. The van der Waals surface area contributed by atoms with E-state index in [1.54, 1.807) is 10.9 Å². The number of halogens is 1. The zero-order valence-corrected chi connectivity index (χ0v) is 6.76. The van der Waals surface area contributed by atoms with E-state index in [1.165, 1.54) is 0 Å². The number of aromatic nitrogens is 2. The second kappa shape index (κ2) is 2.50. The molecule has 56 valence electrons. The molecule has 0 aliphatic carbocycles. The molecule has 0 aliphatic heterocycles. The molecule has 0 atom stereocenters.